The summed E-state index contributed by atoms with van der Waals surface area (Å²) in [6.45, 7) is 0. The van der Waals surface area contributed by atoms with Crippen LogP contribution in [0.2, 0.25) is 0 Å². The molecule has 2 aromatic carbocycles. The lowest BCUT2D eigenvalue weighted by molar-refractivity contribution is -0.383. The van der Waals surface area contributed by atoms with Crippen molar-refractivity contribution in [3.63, 3.8) is 0 Å². The van der Waals surface area contributed by atoms with Gasteiger partial charge in [-0.25, -0.2) is 4.98 Å². The maximum absolute atomic E-state index is 12.3. The highest BCUT2D eigenvalue weighted by molar-refractivity contribution is 5.83. The van der Waals surface area contributed by atoms with Crippen LogP contribution in [0.4, 0.5) is 11.4 Å². The van der Waals surface area contributed by atoms with Gasteiger partial charge in [-0.15, -0.1) is 0 Å². The Labute approximate surface area is 136 Å². The lowest BCUT2D eigenvalue weighted by Crippen LogP contribution is -2.16. The Kier molecular flexibility index (Phi) is 4.02. The second-order valence-corrected chi connectivity index (χ2v) is 4.94. The monoisotopic (exact) mass is 323 g/mol. The molecular formula is C16H13N5O3. The Morgan fingerprint density at radius 2 is 2.08 bits per heavy atom. The van der Waals surface area contributed by atoms with Crippen LogP contribution in [-0.4, -0.2) is 27.8 Å². The number of benzene rings is 2. The molecule has 1 aromatic heterocycles. The summed E-state index contributed by atoms with van der Waals surface area (Å²) in [7, 11) is 1.61. The Balaban J connectivity index is 2.00. The minimum Gasteiger partial charge on any atom is -0.383 e. The number of anilines is 1. The van der Waals surface area contributed by atoms with E-state index in [1.165, 1.54) is 18.6 Å². The van der Waals surface area contributed by atoms with E-state index in [9.17, 15) is 14.9 Å². The van der Waals surface area contributed by atoms with Crippen LogP contribution in [-0.2, 0) is 0 Å². The summed E-state index contributed by atoms with van der Waals surface area (Å²) < 4.78 is 1.10. The average Bonchev–Trinajstić information content (AvgIpc) is 2.61. The molecule has 0 aliphatic heterocycles. The number of nitro benzene ring substituents is 1. The molecule has 0 atom stereocenters. The number of nitro groups is 1. The summed E-state index contributed by atoms with van der Waals surface area (Å²) in [6, 6.07) is 11.6. The predicted octanol–water partition coefficient (Wildman–Crippen LogP) is 2.23. The van der Waals surface area contributed by atoms with Crippen LogP contribution in [0.1, 0.15) is 5.56 Å². The van der Waals surface area contributed by atoms with Gasteiger partial charge in [0.05, 0.1) is 22.0 Å². The van der Waals surface area contributed by atoms with Crippen LogP contribution in [0.5, 0.6) is 0 Å². The predicted molar refractivity (Wildman–Crippen MR) is 91.6 cm³/mol. The lowest BCUT2D eigenvalue weighted by atomic mass is 10.2. The van der Waals surface area contributed by atoms with E-state index < -0.39 is 4.92 Å². The van der Waals surface area contributed by atoms with E-state index in [4.69, 9.17) is 0 Å². The quantitative estimate of drug-likeness (QED) is 0.450. The van der Waals surface area contributed by atoms with Crippen LogP contribution < -0.4 is 10.9 Å². The van der Waals surface area contributed by atoms with E-state index in [-0.39, 0.29) is 11.2 Å². The van der Waals surface area contributed by atoms with Crippen molar-refractivity contribution in [1.82, 2.24) is 9.66 Å². The molecule has 3 rings (SSSR count). The lowest BCUT2D eigenvalue weighted by Gasteiger charge is -2.03. The Bertz CT molecular complexity index is 1010. The fraction of sp³-hybridized carbons (Fsp3) is 0.0625. The SMILES string of the molecule is CNc1ccc(/C=N/n2cnc3ccccc3c2=O)cc1[N+](=O)[O-]. The van der Waals surface area contributed by atoms with Crippen molar-refractivity contribution in [1.29, 1.82) is 0 Å². The molecule has 0 saturated carbocycles. The molecule has 1 N–H and O–H groups in total. The van der Waals surface area contributed by atoms with E-state index in [0.29, 0.717) is 22.2 Å². The third-order valence-electron chi connectivity index (χ3n) is 3.47. The minimum absolute atomic E-state index is 0.0644. The van der Waals surface area contributed by atoms with Crippen molar-refractivity contribution in [3.8, 4) is 0 Å². The molecule has 0 saturated heterocycles. The first-order valence-corrected chi connectivity index (χ1v) is 7.07. The molecule has 8 heteroatoms. The van der Waals surface area contributed by atoms with Gasteiger partial charge in [-0.05, 0) is 18.2 Å². The van der Waals surface area contributed by atoms with Crippen LogP contribution in [0.25, 0.3) is 10.9 Å². The van der Waals surface area contributed by atoms with E-state index in [0.717, 1.165) is 4.68 Å². The van der Waals surface area contributed by atoms with Gasteiger partial charge in [-0.3, -0.25) is 14.9 Å². The third kappa shape index (κ3) is 2.84. The van der Waals surface area contributed by atoms with Gasteiger partial charge in [-0.1, -0.05) is 18.2 Å². The highest BCUT2D eigenvalue weighted by Crippen LogP contribution is 2.24. The van der Waals surface area contributed by atoms with Gasteiger partial charge in [0.1, 0.15) is 12.0 Å². The summed E-state index contributed by atoms with van der Waals surface area (Å²) in [5.41, 5.74) is 1.12. The Morgan fingerprint density at radius 3 is 2.83 bits per heavy atom. The summed E-state index contributed by atoms with van der Waals surface area (Å²) in [6.07, 6.45) is 2.70. The van der Waals surface area contributed by atoms with Crippen molar-refractivity contribution in [3.05, 3.63) is 74.8 Å². The first-order valence-electron chi connectivity index (χ1n) is 7.07. The zero-order valence-electron chi connectivity index (χ0n) is 12.7. The Morgan fingerprint density at radius 1 is 1.29 bits per heavy atom. The zero-order chi connectivity index (χ0) is 17.1. The smallest absolute Gasteiger partial charge is 0.292 e. The third-order valence-corrected chi connectivity index (χ3v) is 3.47. The largest absolute Gasteiger partial charge is 0.383 e. The summed E-state index contributed by atoms with van der Waals surface area (Å²) in [5, 5.41) is 18.3. The van der Waals surface area contributed by atoms with Gasteiger partial charge in [0.25, 0.3) is 11.2 Å². The topological polar surface area (TPSA) is 102 Å². The van der Waals surface area contributed by atoms with Crippen molar-refractivity contribution in [2.24, 2.45) is 5.10 Å². The molecule has 0 radical (unpaired) electrons. The molecule has 120 valence electrons. The van der Waals surface area contributed by atoms with Gasteiger partial charge in [0, 0.05) is 18.7 Å². The van der Waals surface area contributed by atoms with E-state index in [1.54, 1.807) is 43.4 Å². The van der Waals surface area contributed by atoms with Crippen molar-refractivity contribution in [2.45, 2.75) is 0 Å². The molecule has 3 aromatic rings. The normalized spacial score (nSPS) is 11.0. The summed E-state index contributed by atoms with van der Waals surface area (Å²) >= 11 is 0. The molecule has 0 aliphatic carbocycles. The highest BCUT2D eigenvalue weighted by atomic mass is 16.6. The molecule has 8 nitrogen and oxygen atoms in total. The number of hydrogen-bond acceptors (Lipinski definition) is 6. The number of hydrogen-bond donors (Lipinski definition) is 1. The van der Waals surface area contributed by atoms with Crippen molar-refractivity contribution in [2.75, 3.05) is 12.4 Å². The maximum Gasteiger partial charge on any atom is 0.292 e. The van der Waals surface area contributed by atoms with Crippen LogP contribution in [0, 0.1) is 10.1 Å². The number of nitrogens with one attached hydrogen (secondary N) is 1. The van der Waals surface area contributed by atoms with Gasteiger partial charge in [0.2, 0.25) is 0 Å². The molecule has 0 spiro atoms. The van der Waals surface area contributed by atoms with Crippen LogP contribution >= 0.6 is 0 Å². The number of aromatic nitrogens is 2. The van der Waals surface area contributed by atoms with Crippen LogP contribution in [0.3, 0.4) is 0 Å². The number of rotatable bonds is 4. The standard InChI is InChI=1S/C16H13N5O3/c1-17-14-7-6-11(8-15(14)21(23)24)9-19-20-10-18-13-5-3-2-4-12(13)16(20)22/h2-10,17H,1H3/b19-9+. The molecule has 1 heterocycles. The number of nitrogens with zero attached hydrogens (tertiary/aromatic N) is 4. The molecule has 0 unspecified atom stereocenters. The van der Waals surface area contributed by atoms with Gasteiger partial charge >= 0.3 is 0 Å². The first-order chi connectivity index (χ1) is 11.6. The molecule has 0 fully saturated rings. The second kappa shape index (κ2) is 6.29. The summed E-state index contributed by atoms with van der Waals surface area (Å²) in [4.78, 5) is 27.1. The number of fused-ring (bicyclic) bond motifs is 1. The second-order valence-electron chi connectivity index (χ2n) is 4.94. The molecule has 24 heavy (non-hydrogen) atoms. The van der Waals surface area contributed by atoms with Crippen molar-refractivity contribution < 1.29 is 4.92 Å². The minimum atomic E-state index is -0.479. The zero-order valence-corrected chi connectivity index (χ0v) is 12.7. The van der Waals surface area contributed by atoms with Gasteiger partial charge < -0.3 is 5.32 Å². The number of para-hydroxylation sites is 1. The van der Waals surface area contributed by atoms with E-state index in [2.05, 4.69) is 15.4 Å². The summed E-state index contributed by atoms with van der Waals surface area (Å²) in [5.74, 6) is 0. The van der Waals surface area contributed by atoms with Crippen LogP contribution in [0.15, 0.2) is 58.7 Å². The fourth-order valence-electron chi connectivity index (χ4n) is 2.26. The maximum atomic E-state index is 12.3. The van der Waals surface area contributed by atoms with E-state index in [1.807, 2.05) is 0 Å². The first kappa shape index (κ1) is 15.3. The van der Waals surface area contributed by atoms with Gasteiger partial charge in [0.15, 0.2) is 0 Å². The molecule has 0 bridgehead atoms. The molecule has 0 aliphatic rings. The van der Waals surface area contributed by atoms with E-state index >= 15 is 0 Å². The Hall–Kier alpha value is -3.55. The van der Waals surface area contributed by atoms with Crippen molar-refractivity contribution >= 4 is 28.5 Å². The van der Waals surface area contributed by atoms with Gasteiger partial charge in [-0.2, -0.15) is 9.78 Å². The fourth-order valence-corrected chi connectivity index (χ4v) is 2.26. The highest BCUT2D eigenvalue weighted by Gasteiger charge is 2.12. The molecule has 0 amide bonds. The average molecular weight is 323 g/mol. The molecular weight excluding hydrogens is 310 g/mol.